The van der Waals surface area contributed by atoms with Gasteiger partial charge in [-0.3, -0.25) is 14.4 Å². The molecule has 0 aliphatic carbocycles. The summed E-state index contributed by atoms with van der Waals surface area (Å²) in [4.78, 5) is 14.5. The van der Waals surface area contributed by atoms with Crippen molar-refractivity contribution < 1.29 is 22.7 Å². The third-order valence-corrected chi connectivity index (χ3v) is 5.26. The van der Waals surface area contributed by atoms with Crippen molar-refractivity contribution in [3.8, 4) is 0 Å². The lowest BCUT2D eigenvalue weighted by atomic mass is 10.0. The molecule has 0 saturated carbocycles. The molecule has 1 N–H and O–H groups in total. The molecule has 1 amide bonds. The molecule has 9 heteroatoms. The van der Waals surface area contributed by atoms with Gasteiger partial charge >= 0.3 is 6.18 Å². The maximum atomic E-state index is 12.9. The molecule has 3 rings (SSSR count). The molecule has 30 heavy (non-hydrogen) atoms. The predicted octanol–water partition coefficient (Wildman–Crippen LogP) is 3.10. The number of amides is 1. The van der Waals surface area contributed by atoms with Crippen LogP contribution in [0.25, 0.3) is 0 Å². The van der Waals surface area contributed by atoms with E-state index in [1.807, 2.05) is 19.9 Å². The molecule has 0 radical (unpaired) electrons. The lowest BCUT2D eigenvalue weighted by molar-refractivity contribution is -0.137. The maximum Gasteiger partial charge on any atom is 0.416 e. The summed E-state index contributed by atoms with van der Waals surface area (Å²) < 4.78 is 45.9. The highest BCUT2D eigenvalue weighted by Crippen LogP contribution is 2.31. The Labute approximate surface area is 174 Å². The molecule has 1 unspecified atom stereocenters. The third-order valence-electron chi connectivity index (χ3n) is 5.26. The number of ether oxygens (including phenoxy) is 1. The largest absolute Gasteiger partial charge is 0.416 e. The first-order chi connectivity index (χ1) is 14.2. The molecule has 164 valence electrons. The van der Waals surface area contributed by atoms with Gasteiger partial charge < -0.3 is 10.1 Å². The molecule has 1 aromatic heterocycles. The number of hydrogen-bond donors (Lipinski definition) is 1. The number of halogens is 3. The van der Waals surface area contributed by atoms with Gasteiger partial charge in [-0.2, -0.15) is 18.3 Å². The maximum absolute atomic E-state index is 12.9. The van der Waals surface area contributed by atoms with Crippen molar-refractivity contribution in [1.29, 1.82) is 0 Å². The van der Waals surface area contributed by atoms with Crippen LogP contribution < -0.4 is 5.32 Å². The summed E-state index contributed by atoms with van der Waals surface area (Å²) in [6, 6.07) is 6.90. The van der Waals surface area contributed by atoms with Gasteiger partial charge in [0.1, 0.15) is 0 Å². The first-order valence-electron chi connectivity index (χ1n) is 10.0. The van der Waals surface area contributed by atoms with E-state index >= 15 is 0 Å². The highest BCUT2D eigenvalue weighted by molar-refractivity contribution is 5.75. The number of hydrogen-bond acceptors (Lipinski definition) is 4. The molecule has 1 fully saturated rings. The molecule has 2 aromatic rings. The molecule has 0 spiro atoms. The number of aromatic nitrogens is 2. The minimum Gasteiger partial charge on any atom is -0.379 e. The first-order valence-corrected chi connectivity index (χ1v) is 10.0. The van der Waals surface area contributed by atoms with Crippen LogP contribution in [-0.4, -0.2) is 53.4 Å². The number of alkyl halides is 3. The average Bonchev–Trinajstić information content (AvgIpc) is 3.04. The Morgan fingerprint density at radius 3 is 2.43 bits per heavy atom. The van der Waals surface area contributed by atoms with Crippen LogP contribution in [0.1, 0.15) is 35.0 Å². The van der Waals surface area contributed by atoms with Gasteiger partial charge in [-0.1, -0.05) is 12.1 Å². The van der Waals surface area contributed by atoms with Crippen LogP contribution in [0.15, 0.2) is 30.3 Å². The van der Waals surface area contributed by atoms with E-state index in [0.29, 0.717) is 39.4 Å². The minimum atomic E-state index is -4.37. The van der Waals surface area contributed by atoms with Crippen LogP contribution in [0.3, 0.4) is 0 Å². The normalized spacial score (nSPS) is 16.4. The fourth-order valence-electron chi connectivity index (χ4n) is 3.65. The highest BCUT2D eigenvalue weighted by atomic mass is 19.4. The molecular weight excluding hydrogens is 397 g/mol. The van der Waals surface area contributed by atoms with Gasteiger partial charge in [0.05, 0.1) is 30.5 Å². The summed E-state index contributed by atoms with van der Waals surface area (Å²) in [5.41, 5.74) is 1.96. The Kier molecular flexibility index (Phi) is 7.14. The molecule has 1 aliphatic heterocycles. The number of rotatable bonds is 7. The Balaban J connectivity index is 1.64. The van der Waals surface area contributed by atoms with Crippen molar-refractivity contribution in [1.82, 2.24) is 20.0 Å². The van der Waals surface area contributed by atoms with Crippen LogP contribution in [0.4, 0.5) is 13.2 Å². The average molecular weight is 424 g/mol. The van der Waals surface area contributed by atoms with Gasteiger partial charge in [0, 0.05) is 38.3 Å². The van der Waals surface area contributed by atoms with Crippen molar-refractivity contribution in [2.24, 2.45) is 0 Å². The fraction of sp³-hybridized carbons (Fsp3) is 0.524. The van der Waals surface area contributed by atoms with Crippen LogP contribution in [0.2, 0.25) is 0 Å². The Morgan fingerprint density at radius 1 is 1.20 bits per heavy atom. The van der Waals surface area contributed by atoms with Gasteiger partial charge in [0.2, 0.25) is 5.91 Å². The number of carbonyl (C=O) groups is 1. The van der Waals surface area contributed by atoms with Gasteiger partial charge in [0.25, 0.3) is 0 Å². The summed E-state index contributed by atoms with van der Waals surface area (Å²) in [7, 11) is 0. The Hall–Kier alpha value is -2.39. The van der Waals surface area contributed by atoms with Gasteiger partial charge in [-0.25, -0.2) is 0 Å². The smallest absolute Gasteiger partial charge is 0.379 e. The highest BCUT2D eigenvalue weighted by Gasteiger charge is 2.31. The van der Waals surface area contributed by atoms with E-state index in [-0.39, 0.29) is 18.4 Å². The zero-order valence-corrected chi connectivity index (χ0v) is 17.2. The fourth-order valence-corrected chi connectivity index (χ4v) is 3.65. The van der Waals surface area contributed by atoms with Crippen molar-refractivity contribution in [3.63, 3.8) is 0 Å². The first kappa shape index (κ1) is 22.3. The molecule has 1 aliphatic rings. The second-order valence-electron chi connectivity index (χ2n) is 7.49. The zero-order valence-electron chi connectivity index (χ0n) is 17.2. The molecular formula is C21H27F3N4O2. The van der Waals surface area contributed by atoms with Crippen LogP contribution >= 0.6 is 0 Å². The second kappa shape index (κ2) is 9.61. The summed E-state index contributed by atoms with van der Waals surface area (Å²) in [6.07, 6.45) is -4.09. The summed E-state index contributed by atoms with van der Waals surface area (Å²) in [5.74, 6) is -0.118. The molecule has 1 saturated heterocycles. The van der Waals surface area contributed by atoms with E-state index in [0.717, 1.165) is 29.1 Å². The number of morpholine rings is 1. The van der Waals surface area contributed by atoms with Crippen molar-refractivity contribution in [2.75, 3.05) is 32.8 Å². The molecule has 1 aromatic carbocycles. The van der Waals surface area contributed by atoms with Crippen molar-refractivity contribution in [2.45, 2.75) is 39.0 Å². The third kappa shape index (κ3) is 5.82. The van der Waals surface area contributed by atoms with Crippen molar-refractivity contribution >= 4 is 5.91 Å². The lowest BCUT2D eigenvalue weighted by Gasteiger charge is -2.35. The molecule has 1 atom stereocenters. The number of carbonyl (C=O) groups excluding carboxylic acids is 1. The lowest BCUT2D eigenvalue weighted by Crippen LogP contribution is -2.44. The Morgan fingerprint density at radius 2 is 1.87 bits per heavy atom. The van der Waals surface area contributed by atoms with E-state index in [2.05, 4.69) is 15.3 Å². The minimum absolute atomic E-state index is 0.118. The molecule has 6 nitrogen and oxygen atoms in total. The molecule has 2 heterocycles. The zero-order chi connectivity index (χ0) is 21.7. The van der Waals surface area contributed by atoms with Gasteiger partial charge in [-0.05, 0) is 37.6 Å². The SMILES string of the molecule is Cc1cc(C)n(CCC(=O)NCC(c2ccc(C(F)(F)F)cc2)N2CCOCC2)n1. The number of nitrogens with one attached hydrogen (secondary N) is 1. The number of benzene rings is 1. The molecule has 0 bridgehead atoms. The van der Waals surface area contributed by atoms with E-state index in [1.54, 1.807) is 4.68 Å². The monoisotopic (exact) mass is 424 g/mol. The van der Waals surface area contributed by atoms with Crippen LogP contribution in [0.5, 0.6) is 0 Å². The summed E-state index contributed by atoms with van der Waals surface area (Å²) in [5, 5.41) is 7.28. The van der Waals surface area contributed by atoms with E-state index in [1.165, 1.54) is 12.1 Å². The Bertz CT molecular complexity index is 843. The van der Waals surface area contributed by atoms with Crippen LogP contribution in [0, 0.1) is 13.8 Å². The quantitative estimate of drug-likeness (QED) is 0.742. The van der Waals surface area contributed by atoms with E-state index < -0.39 is 11.7 Å². The number of nitrogens with zero attached hydrogens (tertiary/aromatic N) is 3. The van der Waals surface area contributed by atoms with Gasteiger partial charge in [0.15, 0.2) is 0 Å². The van der Waals surface area contributed by atoms with E-state index in [9.17, 15) is 18.0 Å². The standard InChI is InChI=1S/C21H27F3N4O2/c1-15-13-16(2)28(26-15)8-7-20(29)25-14-19(27-9-11-30-12-10-27)17-3-5-18(6-4-17)21(22,23)24/h3-6,13,19H,7-12,14H2,1-2H3,(H,25,29). The summed E-state index contributed by atoms with van der Waals surface area (Å²) >= 11 is 0. The van der Waals surface area contributed by atoms with Crippen molar-refractivity contribution in [3.05, 3.63) is 52.8 Å². The topological polar surface area (TPSA) is 59.4 Å². The number of aryl methyl sites for hydroxylation is 3. The second-order valence-corrected chi connectivity index (χ2v) is 7.49. The predicted molar refractivity (Wildman–Crippen MR) is 106 cm³/mol. The summed E-state index contributed by atoms with van der Waals surface area (Å²) in [6.45, 7) is 7.08. The van der Waals surface area contributed by atoms with Gasteiger partial charge in [-0.15, -0.1) is 0 Å². The van der Waals surface area contributed by atoms with Crippen LogP contribution in [-0.2, 0) is 22.3 Å². The van der Waals surface area contributed by atoms with E-state index in [4.69, 9.17) is 4.74 Å².